The van der Waals surface area contributed by atoms with E-state index in [0.29, 0.717) is 28.9 Å². The van der Waals surface area contributed by atoms with Gasteiger partial charge in [0.15, 0.2) is 0 Å². The van der Waals surface area contributed by atoms with Gasteiger partial charge in [0, 0.05) is 37.4 Å². The van der Waals surface area contributed by atoms with E-state index >= 15 is 0 Å². The van der Waals surface area contributed by atoms with E-state index in [1.54, 1.807) is 0 Å². The molecule has 4 bridgehead atoms. The van der Waals surface area contributed by atoms with Gasteiger partial charge in [0.25, 0.3) is 5.91 Å². The maximum absolute atomic E-state index is 13.5. The van der Waals surface area contributed by atoms with Crippen molar-refractivity contribution in [2.24, 2.45) is 22.2 Å². The number of amides is 2. The molecule has 0 radical (unpaired) electrons. The number of anilines is 1. The molecule has 0 aromatic heterocycles. The Morgan fingerprint density at radius 2 is 1.66 bits per heavy atom. The van der Waals surface area contributed by atoms with E-state index in [-0.39, 0.29) is 17.2 Å². The van der Waals surface area contributed by atoms with Crippen molar-refractivity contribution in [3.05, 3.63) is 29.8 Å². The zero-order valence-electron chi connectivity index (χ0n) is 19.5. The lowest BCUT2D eigenvalue weighted by Crippen LogP contribution is -2.58. The molecule has 0 spiro atoms. The van der Waals surface area contributed by atoms with Gasteiger partial charge in [-0.25, -0.2) is 0 Å². The van der Waals surface area contributed by atoms with Crippen LogP contribution < -0.4 is 10.6 Å². The second-order valence-corrected chi connectivity index (χ2v) is 11.7. The molecule has 1 saturated heterocycles. The molecule has 1 aromatic carbocycles. The molecule has 1 aromatic rings. The standard InChI is InChI=1S/C26H37N3O3/c1-24-13-19-14-25(2,16-24)18-26(15-19,17-24)23(31)28-21-5-3-20(4-6-21)22(30)27-7-8-29-9-11-32-12-10-29/h3-6,19H,7-18H2,1-2H3,(H,27,30)(H,28,31). The second kappa shape index (κ2) is 8.14. The third kappa shape index (κ3) is 4.32. The van der Waals surface area contributed by atoms with E-state index < -0.39 is 0 Å². The highest BCUT2D eigenvalue weighted by Crippen LogP contribution is 2.69. The van der Waals surface area contributed by atoms with Gasteiger partial charge in [-0.3, -0.25) is 14.5 Å². The van der Waals surface area contributed by atoms with E-state index in [9.17, 15) is 9.59 Å². The molecule has 1 heterocycles. The minimum Gasteiger partial charge on any atom is -0.379 e. The fourth-order valence-electron chi connectivity index (χ4n) is 7.92. The lowest BCUT2D eigenvalue weighted by Gasteiger charge is -2.64. The Labute approximate surface area is 191 Å². The van der Waals surface area contributed by atoms with Crippen LogP contribution in [0.1, 0.15) is 62.7 Å². The maximum Gasteiger partial charge on any atom is 0.251 e. The van der Waals surface area contributed by atoms with Crippen LogP contribution in [0.15, 0.2) is 24.3 Å². The first-order chi connectivity index (χ1) is 15.3. The van der Waals surface area contributed by atoms with Crippen molar-refractivity contribution in [3.63, 3.8) is 0 Å². The van der Waals surface area contributed by atoms with Gasteiger partial charge in [-0.15, -0.1) is 0 Å². The van der Waals surface area contributed by atoms with E-state index in [0.717, 1.165) is 57.8 Å². The van der Waals surface area contributed by atoms with Crippen molar-refractivity contribution in [2.45, 2.75) is 52.4 Å². The van der Waals surface area contributed by atoms with Crippen molar-refractivity contribution in [2.75, 3.05) is 44.7 Å². The molecule has 5 aliphatic rings. The maximum atomic E-state index is 13.5. The predicted molar refractivity (Wildman–Crippen MR) is 125 cm³/mol. The molecule has 6 nitrogen and oxygen atoms in total. The van der Waals surface area contributed by atoms with Crippen LogP contribution in [0.2, 0.25) is 0 Å². The molecular formula is C26H37N3O3. The SMILES string of the molecule is CC12CC3CC(C)(C1)CC(C(=O)Nc1ccc(C(=O)NCCN4CCOCC4)cc1)(C3)C2. The number of nitrogens with zero attached hydrogens (tertiary/aromatic N) is 1. The van der Waals surface area contributed by atoms with Gasteiger partial charge >= 0.3 is 0 Å². The first-order valence-corrected chi connectivity index (χ1v) is 12.3. The highest BCUT2D eigenvalue weighted by molar-refractivity contribution is 5.97. The quantitative estimate of drug-likeness (QED) is 0.709. The number of rotatable bonds is 6. The molecule has 6 rings (SSSR count). The Morgan fingerprint density at radius 1 is 1.00 bits per heavy atom. The average Bonchev–Trinajstić information content (AvgIpc) is 2.72. The van der Waals surface area contributed by atoms with Crippen LogP contribution in [-0.4, -0.2) is 56.1 Å². The summed E-state index contributed by atoms with van der Waals surface area (Å²) in [5.74, 6) is 0.801. The summed E-state index contributed by atoms with van der Waals surface area (Å²) in [6, 6.07) is 7.33. The second-order valence-electron chi connectivity index (χ2n) is 11.7. The average molecular weight is 440 g/mol. The summed E-state index contributed by atoms with van der Waals surface area (Å²) < 4.78 is 5.35. The summed E-state index contributed by atoms with van der Waals surface area (Å²) in [5, 5.41) is 6.19. The van der Waals surface area contributed by atoms with Crippen molar-refractivity contribution >= 4 is 17.5 Å². The zero-order valence-corrected chi connectivity index (χ0v) is 19.5. The largest absolute Gasteiger partial charge is 0.379 e. The summed E-state index contributed by atoms with van der Waals surface area (Å²) in [6.07, 6.45) is 6.90. The third-order valence-corrected chi connectivity index (χ3v) is 8.33. The minimum absolute atomic E-state index is 0.0712. The third-order valence-electron chi connectivity index (χ3n) is 8.33. The fraction of sp³-hybridized carbons (Fsp3) is 0.692. The molecule has 2 amide bonds. The van der Waals surface area contributed by atoms with Crippen LogP contribution in [0.4, 0.5) is 5.69 Å². The summed E-state index contributed by atoms with van der Waals surface area (Å²) in [4.78, 5) is 28.2. The molecular weight excluding hydrogens is 402 g/mol. The van der Waals surface area contributed by atoms with Crippen LogP contribution in [-0.2, 0) is 9.53 Å². The fourth-order valence-corrected chi connectivity index (χ4v) is 7.92. The summed E-state index contributed by atoms with van der Waals surface area (Å²) in [5.41, 5.74) is 1.81. The molecule has 32 heavy (non-hydrogen) atoms. The minimum atomic E-state index is -0.224. The zero-order chi connectivity index (χ0) is 22.4. The smallest absolute Gasteiger partial charge is 0.251 e. The van der Waals surface area contributed by atoms with Crippen LogP contribution in [0, 0.1) is 22.2 Å². The highest BCUT2D eigenvalue weighted by Gasteiger charge is 2.62. The Morgan fingerprint density at radius 3 is 2.28 bits per heavy atom. The van der Waals surface area contributed by atoms with E-state index in [1.165, 1.54) is 19.3 Å². The number of nitrogens with one attached hydrogen (secondary N) is 2. The molecule has 6 heteroatoms. The first-order valence-electron chi connectivity index (χ1n) is 12.3. The van der Waals surface area contributed by atoms with Crippen molar-refractivity contribution in [1.29, 1.82) is 0 Å². The monoisotopic (exact) mass is 439 g/mol. The Bertz CT molecular complexity index is 859. The van der Waals surface area contributed by atoms with Gasteiger partial charge in [-0.1, -0.05) is 13.8 Å². The van der Waals surface area contributed by atoms with Crippen LogP contribution >= 0.6 is 0 Å². The molecule has 1 aliphatic heterocycles. The number of hydrogen-bond donors (Lipinski definition) is 2. The van der Waals surface area contributed by atoms with Gasteiger partial charge in [0.2, 0.25) is 5.91 Å². The molecule has 5 fully saturated rings. The van der Waals surface area contributed by atoms with E-state index in [2.05, 4.69) is 29.4 Å². The molecule has 2 atom stereocenters. The lowest BCUT2D eigenvalue weighted by molar-refractivity contribution is -0.165. The summed E-state index contributed by atoms with van der Waals surface area (Å²) >= 11 is 0. The van der Waals surface area contributed by atoms with Crippen molar-refractivity contribution in [1.82, 2.24) is 10.2 Å². The topological polar surface area (TPSA) is 70.7 Å². The lowest BCUT2D eigenvalue weighted by atomic mass is 9.40. The molecule has 2 N–H and O–H groups in total. The molecule has 4 saturated carbocycles. The summed E-state index contributed by atoms with van der Waals surface area (Å²) in [7, 11) is 0. The Balaban J connectivity index is 1.17. The van der Waals surface area contributed by atoms with Gasteiger partial charge in [0.05, 0.1) is 18.6 Å². The number of carbonyl (C=O) groups is 2. The number of benzene rings is 1. The van der Waals surface area contributed by atoms with Gasteiger partial charge in [-0.2, -0.15) is 0 Å². The normalized spacial score (nSPS) is 36.1. The number of hydrogen-bond acceptors (Lipinski definition) is 4. The number of ether oxygens (including phenoxy) is 1. The van der Waals surface area contributed by atoms with Crippen molar-refractivity contribution < 1.29 is 14.3 Å². The van der Waals surface area contributed by atoms with Crippen LogP contribution in [0.3, 0.4) is 0 Å². The molecule has 2 unspecified atom stereocenters. The number of morpholine rings is 1. The van der Waals surface area contributed by atoms with Gasteiger partial charge in [0.1, 0.15) is 0 Å². The van der Waals surface area contributed by atoms with Gasteiger partial charge in [-0.05, 0) is 79.5 Å². The predicted octanol–water partition coefficient (Wildman–Crippen LogP) is 3.68. The van der Waals surface area contributed by atoms with E-state index in [1.807, 2.05) is 24.3 Å². The Kier molecular flexibility index (Phi) is 5.57. The molecule has 174 valence electrons. The van der Waals surface area contributed by atoms with Crippen LogP contribution in [0.5, 0.6) is 0 Å². The van der Waals surface area contributed by atoms with Gasteiger partial charge < -0.3 is 15.4 Å². The number of carbonyl (C=O) groups excluding carboxylic acids is 2. The first kappa shape index (κ1) is 21.9. The van der Waals surface area contributed by atoms with Crippen LogP contribution in [0.25, 0.3) is 0 Å². The molecule has 4 aliphatic carbocycles. The summed E-state index contributed by atoms with van der Waals surface area (Å²) in [6.45, 7) is 9.62. The Hall–Kier alpha value is -1.92. The highest BCUT2D eigenvalue weighted by atomic mass is 16.5. The van der Waals surface area contributed by atoms with Crippen molar-refractivity contribution in [3.8, 4) is 0 Å². The van der Waals surface area contributed by atoms with E-state index in [4.69, 9.17) is 4.74 Å².